The second kappa shape index (κ2) is 8.59. The highest BCUT2D eigenvalue weighted by molar-refractivity contribution is 7.18. The summed E-state index contributed by atoms with van der Waals surface area (Å²) >= 11 is 1.77. The molecule has 1 aliphatic heterocycles. The Morgan fingerprint density at radius 2 is 2.14 bits per heavy atom. The number of piperidine rings is 1. The van der Waals surface area contributed by atoms with E-state index in [4.69, 9.17) is 4.98 Å². The van der Waals surface area contributed by atoms with Gasteiger partial charge in [-0.1, -0.05) is 24.3 Å². The standard InChI is InChI=1S/C23H26FN3OS/c1-16(23(28)26(2)14-17-7-5-9-19(24)13-17)27-12-6-8-18(15-27)22-25-20-10-3-4-11-21(20)29-22/h3-5,7,9-11,13,16,18H,6,8,12,14-15H2,1-2H3/t16-,18+/m0/s1. The fraction of sp³-hybridized carbons (Fsp3) is 0.391. The molecule has 0 spiro atoms. The number of hydrogen-bond acceptors (Lipinski definition) is 4. The minimum absolute atomic E-state index is 0.0687. The molecule has 0 unspecified atom stereocenters. The number of hydrogen-bond donors (Lipinski definition) is 0. The highest BCUT2D eigenvalue weighted by Gasteiger charge is 2.31. The van der Waals surface area contributed by atoms with Crippen molar-refractivity contribution in [2.24, 2.45) is 0 Å². The Bertz CT molecular complexity index is 971. The lowest BCUT2D eigenvalue weighted by atomic mass is 9.97. The minimum Gasteiger partial charge on any atom is -0.340 e. The van der Waals surface area contributed by atoms with E-state index in [1.807, 2.05) is 25.1 Å². The zero-order valence-corrected chi connectivity index (χ0v) is 17.7. The molecule has 1 amide bonds. The maximum Gasteiger partial charge on any atom is 0.239 e. The number of fused-ring (bicyclic) bond motifs is 1. The smallest absolute Gasteiger partial charge is 0.239 e. The zero-order chi connectivity index (χ0) is 20.4. The van der Waals surface area contributed by atoms with E-state index in [-0.39, 0.29) is 17.8 Å². The Kier molecular flexibility index (Phi) is 5.92. The van der Waals surface area contributed by atoms with Gasteiger partial charge >= 0.3 is 0 Å². The Balaban J connectivity index is 1.42. The fourth-order valence-electron chi connectivity index (χ4n) is 4.09. The average Bonchev–Trinajstić information content (AvgIpc) is 3.17. The van der Waals surface area contributed by atoms with E-state index >= 15 is 0 Å². The molecule has 2 atom stereocenters. The molecule has 4 rings (SSSR count). The summed E-state index contributed by atoms with van der Waals surface area (Å²) in [7, 11) is 1.79. The summed E-state index contributed by atoms with van der Waals surface area (Å²) in [4.78, 5) is 21.8. The Labute approximate surface area is 175 Å². The van der Waals surface area contributed by atoms with Gasteiger partial charge in [0.1, 0.15) is 5.82 Å². The molecule has 152 valence electrons. The van der Waals surface area contributed by atoms with Crippen LogP contribution in [0.3, 0.4) is 0 Å². The summed E-state index contributed by atoms with van der Waals surface area (Å²) in [6.07, 6.45) is 2.17. The highest BCUT2D eigenvalue weighted by atomic mass is 32.1. The van der Waals surface area contributed by atoms with Gasteiger partial charge in [-0.2, -0.15) is 0 Å². The van der Waals surface area contributed by atoms with Crippen molar-refractivity contribution in [3.8, 4) is 0 Å². The van der Waals surface area contributed by atoms with Crippen LogP contribution in [0.5, 0.6) is 0 Å². The third kappa shape index (κ3) is 4.49. The lowest BCUT2D eigenvalue weighted by Crippen LogP contribution is -2.48. The summed E-state index contributed by atoms with van der Waals surface area (Å²) in [5.41, 5.74) is 1.86. The SMILES string of the molecule is C[C@@H](C(=O)N(C)Cc1cccc(F)c1)N1CCC[C@@H](c2nc3ccccc3s2)C1. The maximum absolute atomic E-state index is 13.4. The molecule has 1 aliphatic rings. The first-order chi connectivity index (χ1) is 14.0. The molecule has 1 fully saturated rings. The number of nitrogens with zero attached hydrogens (tertiary/aromatic N) is 3. The van der Waals surface area contributed by atoms with Crippen LogP contribution in [0.25, 0.3) is 10.2 Å². The number of halogens is 1. The Morgan fingerprint density at radius 3 is 2.93 bits per heavy atom. The first-order valence-electron chi connectivity index (χ1n) is 10.1. The van der Waals surface area contributed by atoms with Gasteiger partial charge in [0, 0.05) is 26.1 Å². The highest BCUT2D eigenvalue weighted by Crippen LogP contribution is 2.33. The minimum atomic E-state index is -0.272. The molecule has 0 radical (unpaired) electrons. The lowest BCUT2D eigenvalue weighted by Gasteiger charge is -2.36. The number of likely N-dealkylation sites (tertiary alicyclic amines) is 1. The van der Waals surface area contributed by atoms with Crippen LogP contribution >= 0.6 is 11.3 Å². The molecule has 2 heterocycles. The first-order valence-corrected chi connectivity index (χ1v) is 10.9. The van der Waals surface area contributed by atoms with Crippen LogP contribution in [0.1, 0.15) is 36.3 Å². The van der Waals surface area contributed by atoms with Crippen LogP contribution in [0.15, 0.2) is 48.5 Å². The summed E-state index contributed by atoms with van der Waals surface area (Å²) in [6.45, 7) is 4.16. The molecule has 0 bridgehead atoms. The van der Waals surface area contributed by atoms with E-state index in [2.05, 4.69) is 17.0 Å². The fourth-order valence-corrected chi connectivity index (χ4v) is 5.18. The third-order valence-electron chi connectivity index (χ3n) is 5.70. The molecule has 2 aromatic carbocycles. The van der Waals surface area contributed by atoms with Crippen LogP contribution < -0.4 is 0 Å². The average molecular weight is 412 g/mol. The van der Waals surface area contributed by atoms with Gasteiger partial charge in [0.2, 0.25) is 5.91 Å². The van der Waals surface area contributed by atoms with Crippen molar-refractivity contribution < 1.29 is 9.18 Å². The van der Waals surface area contributed by atoms with Gasteiger partial charge in [-0.15, -0.1) is 11.3 Å². The van der Waals surface area contributed by atoms with Crippen LogP contribution in [-0.4, -0.2) is 46.9 Å². The number of amides is 1. The summed E-state index contributed by atoms with van der Waals surface area (Å²) in [5.74, 6) is 0.162. The first kappa shape index (κ1) is 20.0. The summed E-state index contributed by atoms with van der Waals surface area (Å²) < 4.78 is 14.7. The Morgan fingerprint density at radius 1 is 1.31 bits per heavy atom. The molecule has 0 aliphatic carbocycles. The van der Waals surface area contributed by atoms with Crippen LogP contribution in [0.2, 0.25) is 0 Å². The molecular formula is C23H26FN3OS. The van der Waals surface area contributed by atoms with Gasteiger partial charge in [0.25, 0.3) is 0 Å². The predicted octanol–water partition coefficient (Wildman–Crippen LogP) is 4.66. The number of benzene rings is 2. The van der Waals surface area contributed by atoms with Crippen molar-refractivity contribution >= 4 is 27.5 Å². The van der Waals surface area contributed by atoms with E-state index in [0.29, 0.717) is 12.5 Å². The normalized spacial score (nSPS) is 18.7. The zero-order valence-electron chi connectivity index (χ0n) is 16.8. The second-order valence-corrected chi connectivity index (χ2v) is 8.92. The van der Waals surface area contributed by atoms with Crippen molar-refractivity contribution in [3.05, 3.63) is 64.9 Å². The maximum atomic E-state index is 13.4. The van der Waals surface area contributed by atoms with Crippen LogP contribution in [0, 0.1) is 5.82 Å². The Hall–Kier alpha value is -2.31. The summed E-state index contributed by atoms with van der Waals surface area (Å²) in [5, 5.41) is 1.17. The van der Waals surface area contributed by atoms with Gasteiger partial charge in [0.15, 0.2) is 0 Å². The van der Waals surface area contributed by atoms with E-state index in [1.54, 1.807) is 29.4 Å². The van der Waals surface area contributed by atoms with E-state index in [1.165, 1.54) is 21.8 Å². The van der Waals surface area contributed by atoms with Gasteiger partial charge in [-0.3, -0.25) is 9.69 Å². The molecule has 6 heteroatoms. The number of para-hydroxylation sites is 1. The van der Waals surface area contributed by atoms with Crippen molar-refractivity contribution in [3.63, 3.8) is 0 Å². The molecule has 1 saturated heterocycles. The molecule has 1 aromatic heterocycles. The van der Waals surface area contributed by atoms with Gasteiger partial charge < -0.3 is 4.90 Å². The molecule has 3 aromatic rings. The molecule has 4 nitrogen and oxygen atoms in total. The number of rotatable bonds is 5. The number of carbonyl (C=O) groups is 1. The van der Waals surface area contributed by atoms with Gasteiger partial charge in [-0.05, 0) is 56.1 Å². The predicted molar refractivity (Wildman–Crippen MR) is 116 cm³/mol. The van der Waals surface area contributed by atoms with Crippen molar-refractivity contribution in [1.29, 1.82) is 0 Å². The largest absolute Gasteiger partial charge is 0.340 e. The van der Waals surface area contributed by atoms with E-state index in [0.717, 1.165) is 37.0 Å². The quantitative estimate of drug-likeness (QED) is 0.613. The molecule has 0 saturated carbocycles. The summed E-state index contributed by atoms with van der Waals surface area (Å²) in [6, 6.07) is 14.5. The van der Waals surface area contributed by atoms with Crippen molar-refractivity contribution in [1.82, 2.24) is 14.8 Å². The number of carbonyl (C=O) groups excluding carboxylic acids is 1. The topological polar surface area (TPSA) is 36.4 Å². The number of thiazole rings is 1. The van der Waals surface area contributed by atoms with E-state index < -0.39 is 0 Å². The van der Waals surface area contributed by atoms with E-state index in [9.17, 15) is 9.18 Å². The number of aromatic nitrogens is 1. The monoisotopic (exact) mass is 411 g/mol. The third-order valence-corrected chi connectivity index (χ3v) is 6.90. The van der Waals surface area contributed by atoms with Crippen LogP contribution in [-0.2, 0) is 11.3 Å². The number of likely N-dealkylation sites (N-methyl/N-ethyl adjacent to an activating group) is 1. The van der Waals surface area contributed by atoms with Crippen molar-refractivity contribution in [2.45, 2.75) is 38.3 Å². The molecule has 29 heavy (non-hydrogen) atoms. The van der Waals surface area contributed by atoms with Crippen LogP contribution in [0.4, 0.5) is 4.39 Å². The molecular weight excluding hydrogens is 385 g/mol. The van der Waals surface area contributed by atoms with Gasteiger partial charge in [-0.25, -0.2) is 9.37 Å². The van der Waals surface area contributed by atoms with Gasteiger partial charge in [0.05, 0.1) is 21.3 Å². The second-order valence-electron chi connectivity index (χ2n) is 7.85. The van der Waals surface area contributed by atoms with Crippen molar-refractivity contribution in [2.75, 3.05) is 20.1 Å². The molecule has 0 N–H and O–H groups in total. The lowest BCUT2D eigenvalue weighted by molar-refractivity contribution is -0.136.